The maximum atomic E-state index is 12.9. The third kappa shape index (κ3) is 1.46. The van der Waals surface area contributed by atoms with E-state index in [0.717, 1.165) is 0 Å². The van der Waals surface area contributed by atoms with Gasteiger partial charge in [0.1, 0.15) is 11.1 Å². The fourth-order valence-corrected chi connectivity index (χ4v) is 1.09. The molecular weight excluding hydrogens is 225 g/mol. The van der Waals surface area contributed by atoms with Gasteiger partial charge in [0.25, 0.3) is 0 Å². The molecular formula is C6Cl3FN2. The van der Waals surface area contributed by atoms with Gasteiger partial charge in [0.15, 0.2) is 16.7 Å². The number of pyridine rings is 1. The quantitative estimate of drug-likeness (QED) is 0.636. The minimum Gasteiger partial charge on any atom is -0.221 e. The molecule has 0 unspecified atom stereocenters. The van der Waals surface area contributed by atoms with Crippen LogP contribution < -0.4 is 0 Å². The van der Waals surface area contributed by atoms with Gasteiger partial charge in [-0.3, -0.25) is 0 Å². The van der Waals surface area contributed by atoms with Gasteiger partial charge >= 0.3 is 0 Å². The second-order valence-electron chi connectivity index (χ2n) is 1.80. The lowest BCUT2D eigenvalue weighted by molar-refractivity contribution is 0.617. The third-order valence-corrected chi connectivity index (χ3v) is 2.28. The first-order valence-electron chi connectivity index (χ1n) is 2.68. The summed E-state index contributed by atoms with van der Waals surface area (Å²) in [4.78, 5) is 3.36. The summed E-state index contributed by atoms with van der Waals surface area (Å²) in [5.41, 5.74) is -0.464. The molecule has 0 saturated heterocycles. The summed E-state index contributed by atoms with van der Waals surface area (Å²) >= 11 is 16.2. The Morgan fingerprint density at radius 3 is 2.33 bits per heavy atom. The zero-order valence-corrected chi connectivity index (χ0v) is 7.67. The Morgan fingerprint density at radius 1 is 1.25 bits per heavy atom. The van der Waals surface area contributed by atoms with E-state index in [9.17, 15) is 4.39 Å². The molecule has 12 heavy (non-hydrogen) atoms. The molecule has 0 aliphatic rings. The molecule has 0 fully saturated rings. The molecule has 1 aromatic heterocycles. The van der Waals surface area contributed by atoms with Crippen LogP contribution >= 0.6 is 34.8 Å². The van der Waals surface area contributed by atoms with E-state index in [4.69, 9.17) is 40.1 Å². The van der Waals surface area contributed by atoms with Crippen LogP contribution in [0.2, 0.25) is 15.2 Å². The van der Waals surface area contributed by atoms with Gasteiger partial charge in [-0.25, -0.2) is 9.37 Å². The van der Waals surface area contributed by atoms with Crippen molar-refractivity contribution in [2.24, 2.45) is 0 Å². The molecule has 0 aliphatic heterocycles. The van der Waals surface area contributed by atoms with Crippen molar-refractivity contribution in [3.63, 3.8) is 0 Å². The van der Waals surface area contributed by atoms with Gasteiger partial charge in [-0.2, -0.15) is 5.26 Å². The van der Waals surface area contributed by atoms with Gasteiger partial charge < -0.3 is 0 Å². The smallest absolute Gasteiger partial charge is 0.179 e. The first-order valence-corrected chi connectivity index (χ1v) is 3.81. The predicted octanol–water partition coefficient (Wildman–Crippen LogP) is 3.05. The summed E-state index contributed by atoms with van der Waals surface area (Å²) in [5.74, 6) is -0.950. The summed E-state index contributed by atoms with van der Waals surface area (Å²) < 4.78 is 12.9. The van der Waals surface area contributed by atoms with E-state index < -0.39 is 11.5 Å². The molecule has 0 bridgehead atoms. The molecule has 0 saturated carbocycles. The zero-order valence-electron chi connectivity index (χ0n) is 5.41. The SMILES string of the molecule is N#Cc1nc(Cl)c(Cl)c(Cl)c1F. The minimum absolute atomic E-state index is 0.181. The monoisotopic (exact) mass is 224 g/mol. The van der Waals surface area contributed by atoms with Gasteiger partial charge in [0, 0.05) is 0 Å². The van der Waals surface area contributed by atoms with Crippen LogP contribution in [0.5, 0.6) is 0 Å². The molecule has 0 amide bonds. The number of hydrogen-bond acceptors (Lipinski definition) is 2. The first kappa shape index (κ1) is 9.53. The summed E-state index contributed by atoms with van der Waals surface area (Å²) in [6.45, 7) is 0. The van der Waals surface area contributed by atoms with E-state index in [2.05, 4.69) is 4.98 Å². The highest BCUT2D eigenvalue weighted by molar-refractivity contribution is 6.47. The highest BCUT2D eigenvalue weighted by Crippen LogP contribution is 2.31. The second-order valence-corrected chi connectivity index (χ2v) is 2.92. The number of halogens is 4. The van der Waals surface area contributed by atoms with Crippen LogP contribution in [-0.4, -0.2) is 4.98 Å². The molecule has 1 aromatic rings. The molecule has 1 heterocycles. The van der Waals surface area contributed by atoms with Gasteiger partial charge in [-0.05, 0) is 0 Å². The summed E-state index contributed by atoms with van der Waals surface area (Å²) in [6.07, 6.45) is 0. The van der Waals surface area contributed by atoms with Crippen molar-refractivity contribution in [3.05, 3.63) is 26.7 Å². The average molecular weight is 225 g/mol. The molecule has 0 radical (unpaired) electrons. The Morgan fingerprint density at radius 2 is 1.83 bits per heavy atom. The van der Waals surface area contributed by atoms with Crippen LogP contribution in [0.25, 0.3) is 0 Å². The Kier molecular flexibility index (Phi) is 2.73. The fraction of sp³-hybridized carbons (Fsp3) is 0. The van der Waals surface area contributed by atoms with E-state index in [1.165, 1.54) is 6.07 Å². The van der Waals surface area contributed by atoms with Gasteiger partial charge in [-0.15, -0.1) is 0 Å². The van der Waals surface area contributed by atoms with Crippen molar-refractivity contribution >= 4 is 34.8 Å². The van der Waals surface area contributed by atoms with Crippen molar-refractivity contribution in [1.29, 1.82) is 5.26 Å². The molecule has 0 aromatic carbocycles. The van der Waals surface area contributed by atoms with E-state index in [1.807, 2.05) is 0 Å². The highest BCUT2D eigenvalue weighted by Gasteiger charge is 2.15. The molecule has 62 valence electrons. The number of rotatable bonds is 0. The van der Waals surface area contributed by atoms with E-state index >= 15 is 0 Å². The summed E-state index contributed by atoms with van der Waals surface area (Å²) in [6, 6.07) is 1.49. The van der Waals surface area contributed by atoms with Crippen LogP contribution in [0, 0.1) is 17.1 Å². The van der Waals surface area contributed by atoms with E-state index in [1.54, 1.807) is 0 Å². The Labute approximate surface area is 82.5 Å². The number of hydrogen-bond donors (Lipinski definition) is 0. The lowest BCUT2D eigenvalue weighted by atomic mass is 10.3. The maximum Gasteiger partial charge on any atom is 0.179 e. The minimum atomic E-state index is -0.950. The van der Waals surface area contributed by atoms with Gasteiger partial charge in [-0.1, -0.05) is 34.8 Å². The fourth-order valence-electron chi connectivity index (χ4n) is 0.561. The molecule has 0 spiro atoms. The standard InChI is InChI=1S/C6Cl3FN2/c7-3-4(8)6(9)12-2(1-11)5(3)10. The van der Waals surface area contributed by atoms with Crippen LogP contribution in [0.3, 0.4) is 0 Å². The normalized spacial score (nSPS) is 9.58. The maximum absolute atomic E-state index is 12.9. The van der Waals surface area contributed by atoms with Crippen molar-refractivity contribution in [1.82, 2.24) is 4.98 Å². The molecule has 0 atom stereocenters. The highest BCUT2D eigenvalue weighted by atomic mass is 35.5. The van der Waals surface area contributed by atoms with Crippen LogP contribution in [-0.2, 0) is 0 Å². The van der Waals surface area contributed by atoms with Crippen LogP contribution in [0.4, 0.5) is 4.39 Å². The largest absolute Gasteiger partial charge is 0.221 e. The Balaban J connectivity index is 3.52. The number of aromatic nitrogens is 1. The second kappa shape index (κ2) is 3.44. The summed E-state index contributed by atoms with van der Waals surface area (Å²) in [7, 11) is 0. The van der Waals surface area contributed by atoms with E-state index in [-0.39, 0.29) is 15.2 Å². The molecule has 1 rings (SSSR count). The lowest BCUT2D eigenvalue weighted by Gasteiger charge is -1.99. The van der Waals surface area contributed by atoms with Crippen molar-refractivity contribution in [3.8, 4) is 6.07 Å². The van der Waals surface area contributed by atoms with Crippen LogP contribution in [0.15, 0.2) is 0 Å². The Bertz CT molecular complexity index is 372. The summed E-state index contributed by atoms with van der Waals surface area (Å²) in [5, 5.41) is 7.60. The van der Waals surface area contributed by atoms with E-state index in [0.29, 0.717) is 0 Å². The van der Waals surface area contributed by atoms with Crippen molar-refractivity contribution < 1.29 is 4.39 Å². The Hall–Kier alpha value is -0.560. The first-order chi connectivity index (χ1) is 5.57. The average Bonchev–Trinajstić information content (AvgIpc) is 2.08. The number of nitrogens with zero attached hydrogens (tertiary/aromatic N) is 2. The number of nitriles is 1. The van der Waals surface area contributed by atoms with Gasteiger partial charge in [0.2, 0.25) is 0 Å². The van der Waals surface area contributed by atoms with Gasteiger partial charge in [0.05, 0.1) is 5.02 Å². The zero-order chi connectivity index (χ0) is 9.30. The molecule has 6 heteroatoms. The third-order valence-electron chi connectivity index (χ3n) is 1.09. The lowest BCUT2D eigenvalue weighted by Crippen LogP contribution is -1.92. The van der Waals surface area contributed by atoms with Crippen molar-refractivity contribution in [2.45, 2.75) is 0 Å². The topological polar surface area (TPSA) is 36.7 Å². The molecule has 0 aliphatic carbocycles. The molecule has 2 nitrogen and oxygen atoms in total. The van der Waals surface area contributed by atoms with Crippen molar-refractivity contribution in [2.75, 3.05) is 0 Å². The van der Waals surface area contributed by atoms with Crippen LogP contribution in [0.1, 0.15) is 5.69 Å². The predicted molar refractivity (Wildman–Crippen MR) is 43.9 cm³/mol. The molecule has 0 N–H and O–H groups in total.